The van der Waals surface area contributed by atoms with Crippen molar-refractivity contribution >= 4 is 33.2 Å². The standard InChI is InChI=1S/C18H14Cl2N2O2S/c19-15-10-9-14(12-16(15)20)25(23,24)22-18(13-6-2-1-3-7-13)17-8-4-5-11-21-17/h1-12,18,22H. The average Bonchev–Trinajstić information content (AvgIpc) is 2.63. The largest absolute Gasteiger partial charge is 0.259 e. The normalized spacial score (nSPS) is 12.7. The van der Waals surface area contributed by atoms with Crippen molar-refractivity contribution in [2.75, 3.05) is 0 Å². The second-order valence-corrected chi connectivity index (χ2v) is 7.82. The highest BCUT2D eigenvalue weighted by Crippen LogP contribution is 2.27. The Morgan fingerprint density at radius 3 is 2.24 bits per heavy atom. The summed E-state index contributed by atoms with van der Waals surface area (Å²) < 4.78 is 28.3. The van der Waals surface area contributed by atoms with Crippen LogP contribution in [0.3, 0.4) is 0 Å². The molecule has 3 rings (SSSR count). The summed E-state index contributed by atoms with van der Waals surface area (Å²) in [6.07, 6.45) is 1.62. The lowest BCUT2D eigenvalue weighted by Crippen LogP contribution is -2.30. The minimum absolute atomic E-state index is 0.0405. The SMILES string of the molecule is O=S(=O)(NC(c1ccccc1)c1ccccn1)c1ccc(Cl)c(Cl)c1. The van der Waals surface area contributed by atoms with Crippen LogP contribution in [0.1, 0.15) is 17.3 Å². The fourth-order valence-corrected chi connectivity index (χ4v) is 3.94. The molecule has 0 bridgehead atoms. The number of hydrogen-bond acceptors (Lipinski definition) is 3. The number of hydrogen-bond donors (Lipinski definition) is 1. The molecule has 0 aliphatic carbocycles. The molecular weight excluding hydrogens is 379 g/mol. The molecule has 3 aromatic rings. The third-order valence-corrected chi connectivity index (χ3v) is 5.75. The van der Waals surface area contributed by atoms with Gasteiger partial charge in [-0.15, -0.1) is 0 Å². The van der Waals surface area contributed by atoms with Crippen molar-refractivity contribution in [1.82, 2.24) is 9.71 Å². The van der Waals surface area contributed by atoms with Crippen LogP contribution in [0.5, 0.6) is 0 Å². The van der Waals surface area contributed by atoms with E-state index in [1.165, 1.54) is 18.2 Å². The van der Waals surface area contributed by atoms with E-state index in [1.807, 2.05) is 36.4 Å². The number of aromatic nitrogens is 1. The Balaban J connectivity index is 2.01. The van der Waals surface area contributed by atoms with E-state index in [-0.39, 0.29) is 9.92 Å². The first-order valence-corrected chi connectivity index (χ1v) is 9.64. The molecule has 25 heavy (non-hydrogen) atoms. The molecule has 0 amide bonds. The summed E-state index contributed by atoms with van der Waals surface area (Å²) >= 11 is 11.8. The number of nitrogens with zero attached hydrogens (tertiary/aromatic N) is 1. The highest BCUT2D eigenvalue weighted by atomic mass is 35.5. The van der Waals surface area contributed by atoms with Crippen molar-refractivity contribution in [2.24, 2.45) is 0 Å². The highest BCUT2D eigenvalue weighted by molar-refractivity contribution is 7.89. The summed E-state index contributed by atoms with van der Waals surface area (Å²) in [7, 11) is -3.83. The van der Waals surface area contributed by atoms with E-state index in [0.29, 0.717) is 10.7 Å². The van der Waals surface area contributed by atoms with Gasteiger partial charge in [-0.2, -0.15) is 4.72 Å². The topological polar surface area (TPSA) is 59.1 Å². The maximum absolute atomic E-state index is 12.8. The fourth-order valence-electron chi connectivity index (χ4n) is 2.36. The molecule has 7 heteroatoms. The van der Waals surface area contributed by atoms with Crippen LogP contribution in [0.15, 0.2) is 77.8 Å². The summed E-state index contributed by atoms with van der Waals surface area (Å²) in [5.41, 5.74) is 1.38. The van der Waals surface area contributed by atoms with E-state index < -0.39 is 16.1 Å². The van der Waals surface area contributed by atoms with Gasteiger partial charge in [0.1, 0.15) is 0 Å². The first-order valence-electron chi connectivity index (χ1n) is 7.40. The number of pyridine rings is 1. The number of sulfonamides is 1. The molecule has 128 valence electrons. The van der Waals surface area contributed by atoms with Gasteiger partial charge in [0.15, 0.2) is 0 Å². The van der Waals surface area contributed by atoms with Crippen LogP contribution in [0, 0.1) is 0 Å². The van der Waals surface area contributed by atoms with E-state index in [9.17, 15) is 8.42 Å². The molecule has 1 heterocycles. The predicted octanol–water partition coefficient (Wildman–Crippen LogP) is 4.46. The van der Waals surface area contributed by atoms with Crippen LogP contribution < -0.4 is 4.72 Å². The van der Waals surface area contributed by atoms with E-state index in [2.05, 4.69) is 9.71 Å². The van der Waals surface area contributed by atoms with Gasteiger partial charge in [0, 0.05) is 6.20 Å². The molecule has 2 aromatic carbocycles. The van der Waals surface area contributed by atoms with Crippen molar-refractivity contribution in [2.45, 2.75) is 10.9 Å². The number of rotatable bonds is 5. The maximum atomic E-state index is 12.8. The second-order valence-electron chi connectivity index (χ2n) is 5.30. The minimum Gasteiger partial charge on any atom is -0.259 e. The predicted molar refractivity (Wildman–Crippen MR) is 99.3 cm³/mol. The van der Waals surface area contributed by atoms with E-state index in [1.54, 1.807) is 18.3 Å². The Labute approximate surface area is 156 Å². The van der Waals surface area contributed by atoms with E-state index >= 15 is 0 Å². The minimum atomic E-state index is -3.83. The molecule has 4 nitrogen and oxygen atoms in total. The first-order chi connectivity index (χ1) is 12.0. The molecular formula is C18H14Cl2N2O2S. The van der Waals surface area contributed by atoms with Gasteiger partial charge in [-0.1, -0.05) is 59.6 Å². The fraction of sp³-hybridized carbons (Fsp3) is 0.0556. The molecule has 0 radical (unpaired) electrons. The van der Waals surface area contributed by atoms with Gasteiger partial charge in [-0.3, -0.25) is 4.98 Å². The zero-order valence-electron chi connectivity index (χ0n) is 12.9. The summed E-state index contributed by atoms with van der Waals surface area (Å²) in [4.78, 5) is 4.33. The van der Waals surface area contributed by atoms with Crippen molar-refractivity contribution in [1.29, 1.82) is 0 Å². The van der Waals surface area contributed by atoms with Crippen molar-refractivity contribution in [3.8, 4) is 0 Å². The lowest BCUT2D eigenvalue weighted by atomic mass is 10.0. The van der Waals surface area contributed by atoms with Gasteiger partial charge in [0.2, 0.25) is 10.0 Å². The molecule has 0 saturated carbocycles. The zero-order chi connectivity index (χ0) is 17.9. The molecule has 1 aromatic heterocycles. The van der Waals surface area contributed by atoms with Crippen LogP contribution in [0.25, 0.3) is 0 Å². The van der Waals surface area contributed by atoms with Gasteiger partial charge in [0.25, 0.3) is 0 Å². The molecule has 0 spiro atoms. The summed E-state index contributed by atoms with van der Waals surface area (Å²) in [6.45, 7) is 0. The molecule has 0 saturated heterocycles. The Morgan fingerprint density at radius 2 is 1.60 bits per heavy atom. The summed E-state index contributed by atoms with van der Waals surface area (Å²) in [5.74, 6) is 0. The third-order valence-electron chi connectivity index (χ3n) is 3.59. The molecule has 0 aliphatic rings. The Hall–Kier alpha value is -1.92. The second kappa shape index (κ2) is 7.54. The number of benzene rings is 2. The Morgan fingerprint density at radius 1 is 0.880 bits per heavy atom. The maximum Gasteiger partial charge on any atom is 0.241 e. The zero-order valence-corrected chi connectivity index (χ0v) is 15.3. The molecule has 1 atom stereocenters. The highest BCUT2D eigenvalue weighted by Gasteiger charge is 2.24. The van der Waals surface area contributed by atoms with Gasteiger partial charge < -0.3 is 0 Å². The lowest BCUT2D eigenvalue weighted by molar-refractivity contribution is 0.570. The molecule has 0 fully saturated rings. The van der Waals surface area contributed by atoms with E-state index in [0.717, 1.165) is 5.56 Å². The molecule has 1 unspecified atom stereocenters. The quantitative estimate of drug-likeness (QED) is 0.697. The summed E-state index contributed by atoms with van der Waals surface area (Å²) in [5, 5.41) is 0.476. The van der Waals surface area contributed by atoms with Crippen LogP contribution in [0.4, 0.5) is 0 Å². The lowest BCUT2D eigenvalue weighted by Gasteiger charge is -2.19. The molecule has 0 aliphatic heterocycles. The van der Waals surface area contributed by atoms with Gasteiger partial charge in [-0.25, -0.2) is 8.42 Å². The Kier molecular flexibility index (Phi) is 5.39. The summed E-state index contributed by atoms with van der Waals surface area (Å²) in [6, 6.07) is 18.2. The number of nitrogens with one attached hydrogen (secondary N) is 1. The van der Waals surface area contributed by atoms with Crippen molar-refractivity contribution in [3.05, 3.63) is 94.2 Å². The monoisotopic (exact) mass is 392 g/mol. The van der Waals surface area contributed by atoms with E-state index in [4.69, 9.17) is 23.2 Å². The van der Waals surface area contributed by atoms with Crippen molar-refractivity contribution < 1.29 is 8.42 Å². The van der Waals surface area contributed by atoms with Crippen LogP contribution >= 0.6 is 23.2 Å². The third kappa shape index (κ3) is 4.19. The van der Waals surface area contributed by atoms with Crippen LogP contribution in [-0.2, 0) is 10.0 Å². The van der Waals surface area contributed by atoms with Gasteiger partial charge in [-0.05, 0) is 35.9 Å². The average molecular weight is 393 g/mol. The first kappa shape index (κ1) is 17.9. The van der Waals surface area contributed by atoms with Crippen LogP contribution in [0.2, 0.25) is 10.0 Å². The smallest absolute Gasteiger partial charge is 0.241 e. The molecule has 1 N–H and O–H groups in total. The van der Waals surface area contributed by atoms with Crippen LogP contribution in [-0.4, -0.2) is 13.4 Å². The van der Waals surface area contributed by atoms with Gasteiger partial charge in [0.05, 0.1) is 26.7 Å². The van der Waals surface area contributed by atoms with Gasteiger partial charge >= 0.3 is 0 Å². The Bertz CT molecular complexity index is 925. The number of halogens is 2. The van der Waals surface area contributed by atoms with Crippen molar-refractivity contribution in [3.63, 3.8) is 0 Å².